The molecule has 2 N–H and O–H groups in total. The van der Waals surface area contributed by atoms with Gasteiger partial charge in [-0.3, -0.25) is 4.79 Å². The van der Waals surface area contributed by atoms with Gasteiger partial charge < -0.3 is 10.6 Å². The summed E-state index contributed by atoms with van der Waals surface area (Å²) in [5.41, 5.74) is 1.80. The maximum Gasteiger partial charge on any atom is 0.228 e. The van der Waals surface area contributed by atoms with Gasteiger partial charge in [-0.2, -0.15) is 0 Å². The van der Waals surface area contributed by atoms with Crippen LogP contribution in [-0.2, 0) is 4.79 Å². The molecule has 7 heteroatoms. The highest BCUT2D eigenvalue weighted by molar-refractivity contribution is 7.80. The van der Waals surface area contributed by atoms with Crippen LogP contribution in [0.2, 0.25) is 5.02 Å². The molecule has 0 fully saturated rings. The standard InChI is InChI=1S/C14H14ClN3OS2/c1-8(2)12(19)17-13(20)18-14-16-11(7-21-14)9-3-5-10(15)6-4-9/h3-8H,1-2H3,(H2,16,17,18,19,20). The molecule has 0 radical (unpaired) electrons. The molecule has 0 atom stereocenters. The van der Waals surface area contributed by atoms with Gasteiger partial charge in [-0.15, -0.1) is 11.3 Å². The quantitative estimate of drug-likeness (QED) is 0.832. The Hall–Kier alpha value is -1.50. The summed E-state index contributed by atoms with van der Waals surface area (Å²) in [5.74, 6) is -0.243. The van der Waals surface area contributed by atoms with Crippen LogP contribution in [0.4, 0.5) is 5.13 Å². The highest BCUT2D eigenvalue weighted by atomic mass is 35.5. The van der Waals surface area contributed by atoms with Gasteiger partial charge >= 0.3 is 0 Å². The Labute approximate surface area is 137 Å². The average Bonchev–Trinajstić information content (AvgIpc) is 2.87. The highest BCUT2D eigenvalue weighted by Crippen LogP contribution is 2.25. The summed E-state index contributed by atoms with van der Waals surface area (Å²) >= 11 is 12.4. The second-order valence-electron chi connectivity index (χ2n) is 4.64. The number of nitrogens with zero attached hydrogens (tertiary/aromatic N) is 1. The maximum absolute atomic E-state index is 11.5. The van der Waals surface area contributed by atoms with Gasteiger partial charge in [0.1, 0.15) is 0 Å². The molecule has 21 heavy (non-hydrogen) atoms. The van der Waals surface area contributed by atoms with Crippen molar-refractivity contribution in [2.24, 2.45) is 5.92 Å². The summed E-state index contributed by atoms with van der Waals surface area (Å²) in [7, 11) is 0. The van der Waals surface area contributed by atoms with Crippen molar-refractivity contribution in [1.82, 2.24) is 10.3 Å². The number of hydrogen-bond acceptors (Lipinski definition) is 4. The van der Waals surface area contributed by atoms with Gasteiger partial charge in [-0.25, -0.2) is 4.98 Å². The molecule has 4 nitrogen and oxygen atoms in total. The third kappa shape index (κ3) is 4.49. The molecular formula is C14H14ClN3OS2. The minimum Gasteiger partial charge on any atom is -0.308 e. The van der Waals surface area contributed by atoms with E-state index in [4.69, 9.17) is 23.8 Å². The minimum absolute atomic E-state index is 0.120. The van der Waals surface area contributed by atoms with Gasteiger partial charge in [0.25, 0.3) is 0 Å². The van der Waals surface area contributed by atoms with E-state index in [1.54, 1.807) is 13.8 Å². The molecular weight excluding hydrogens is 326 g/mol. The van der Waals surface area contributed by atoms with Crippen LogP contribution in [0.1, 0.15) is 13.8 Å². The van der Waals surface area contributed by atoms with Crippen molar-refractivity contribution < 1.29 is 4.79 Å². The molecule has 1 aromatic carbocycles. The van der Waals surface area contributed by atoms with E-state index in [-0.39, 0.29) is 16.9 Å². The molecule has 0 aliphatic rings. The summed E-state index contributed by atoms with van der Waals surface area (Å²) < 4.78 is 0. The normalized spacial score (nSPS) is 10.5. The van der Waals surface area contributed by atoms with Gasteiger partial charge in [-0.05, 0) is 24.4 Å². The number of carbonyl (C=O) groups excluding carboxylic acids is 1. The van der Waals surface area contributed by atoms with E-state index >= 15 is 0 Å². The lowest BCUT2D eigenvalue weighted by molar-refractivity contribution is -0.122. The summed E-state index contributed by atoms with van der Waals surface area (Å²) in [4.78, 5) is 16.0. The number of thiocarbonyl (C=S) groups is 1. The van der Waals surface area contributed by atoms with Crippen LogP contribution in [0.15, 0.2) is 29.6 Å². The maximum atomic E-state index is 11.5. The molecule has 110 valence electrons. The second-order valence-corrected chi connectivity index (χ2v) is 6.35. The van der Waals surface area contributed by atoms with E-state index in [1.807, 2.05) is 29.6 Å². The molecule has 1 heterocycles. The Morgan fingerprint density at radius 1 is 1.33 bits per heavy atom. The van der Waals surface area contributed by atoms with E-state index < -0.39 is 0 Å². The van der Waals surface area contributed by atoms with Crippen LogP contribution in [0.25, 0.3) is 11.3 Å². The van der Waals surface area contributed by atoms with Gasteiger partial charge in [0.05, 0.1) is 5.69 Å². The van der Waals surface area contributed by atoms with Gasteiger partial charge in [-0.1, -0.05) is 37.6 Å². The molecule has 0 bridgehead atoms. The zero-order valence-corrected chi connectivity index (χ0v) is 13.9. The molecule has 2 rings (SSSR count). The number of thiazole rings is 1. The van der Waals surface area contributed by atoms with Crippen molar-refractivity contribution >= 4 is 51.3 Å². The smallest absolute Gasteiger partial charge is 0.228 e. The molecule has 0 saturated heterocycles. The van der Waals surface area contributed by atoms with Crippen LogP contribution in [0, 0.1) is 5.92 Å². The lowest BCUT2D eigenvalue weighted by Crippen LogP contribution is -2.36. The third-order valence-corrected chi connectivity index (χ3v) is 3.84. The van der Waals surface area contributed by atoms with Crippen LogP contribution in [0.3, 0.4) is 0 Å². The fraction of sp³-hybridized carbons (Fsp3) is 0.214. The predicted molar refractivity (Wildman–Crippen MR) is 91.8 cm³/mol. The number of halogens is 1. The van der Waals surface area contributed by atoms with Gasteiger partial charge in [0.15, 0.2) is 10.2 Å². The topological polar surface area (TPSA) is 54.0 Å². The molecule has 0 unspecified atom stereocenters. The average molecular weight is 340 g/mol. The summed E-state index contributed by atoms with van der Waals surface area (Å²) in [6.45, 7) is 3.61. The molecule has 0 saturated carbocycles. The Balaban J connectivity index is 2.02. The van der Waals surface area contributed by atoms with Crippen molar-refractivity contribution in [3.63, 3.8) is 0 Å². The van der Waals surface area contributed by atoms with Crippen molar-refractivity contribution in [2.75, 3.05) is 5.32 Å². The monoisotopic (exact) mass is 339 g/mol. The number of aromatic nitrogens is 1. The van der Waals surface area contributed by atoms with Crippen molar-refractivity contribution in [3.05, 3.63) is 34.7 Å². The molecule has 1 amide bonds. The minimum atomic E-state index is -0.123. The lowest BCUT2D eigenvalue weighted by Gasteiger charge is -2.08. The zero-order valence-electron chi connectivity index (χ0n) is 11.5. The second kappa shape index (κ2) is 6.98. The van der Waals surface area contributed by atoms with Crippen LogP contribution >= 0.6 is 35.2 Å². The number of carbonyl (C=O) groups is 1. The van der Waals surface area contributed by atoms with E-state index in [9.17, 15) is 4.79 Å². The number of amides is 1. The fourth-order valence-electron chi connectivity index (χ4n) is 1.47. The number of rotatable bonds is 3. The molecule has 0 aliphatic carbocycles. The van der Waals surface area contributed by atoms with Crippen LogP contribution < -0.4 is 10.6 Å². The highest BCUT2D eigenvalue weighted by Gasteiger charge is 2.10. The lowest BCUT2D eigenvalue weighted by atomic mass is 10.2. The number of benzene rings is 1. The van der Waals surface area contributed by atoms with Gasteiger partial charge in [0, 0.05) is 21.9 Å². The first kappa shape index (κ1) is 15.9. The van der Waals surface area contributed by atoms with Crippen molar-refractivity contribution in [1.29, 1.82) is 0 Å². The first-order chi connectivity index (χ1) is 9.95. The predicted octanol–water partition coefficient (Wildman–Crippen LogP) is 3.93. The summed E-state index contributed by atoms with van der Waals surface area (Å²) in [6.07, 6.45) is 0. The van der Waals surface area contributed by atoms with E-state index in [0.717, 1.165) is 11.3 Å². The van der Waals surface area contributed by atoms with Crippen LogP contribution in [0.5, 0.6) is 0 Å². The first-order valence-corrected chi connectivity index (χ1v) is 7.95. The Morgan fingerprint density at radius 2 is 2.00 bits per heavy atom. The van der Waals surface area contributed by atoms with E-state index in [1.165, 1.54) is 11.3 Å². The number of anilines is 1. The number of nitrogens with one attached hydrogen (secondary N) is 2. The molecule has 0 aliphatic heterocycles. The SMILES string of the molecule is CC(C)C(=O)NC(=S)Nc1nc(-c2ccc(Cl)cc2)cs1. The summed E-state index contributed by atoms with van der Waals surface area (Å²) in [6, 6.07) is 7.44. The largest absolute Gasteiger partial charge is 0.308 e. The Kier molecular flexibility index (Phi) is 5.27. The zero-order chi connectivity index (χ0) is 15.4. The van der Waals surface area contributed by atoms with Gasteiger partial charge in [0.2, 0.25) is 5.91 Å². The number of hydrogen-bond donors (Lipinski definition) is 2. The van der Waals surface area contributed by atoms with E-state index in [0.29, 0.717) is 10.2 Å². The summed E-state index contributed by atoms with van der Waals surface area (Å²) in [5, 5.41) is 9.01. The van der Waals surface area contributed by atoms with Crippen molar-refractivity contribution in [2.45, 2.75) is 13.8 Å². The Bertz CT molecular complexity index is 652. The van der Waals surface area contributed by atoms with Crippen LogP contribution in [-0.4, -0.2) is 16.0 Å². The molecule has 0 spiro atoms. The molecule has 2 aromatic rings. The first-order valence-electron chi connectivity index (χ1n) is 6.29. The van der Waals surface area contributed by atoms with Crippen molar-refractivity contribution in [3.8, 4) is 11.3 Å². The fourth-order valence-corrected chi connectivity index (χ4v) is 2.58. The third-order valence-electron chi connectivity index (χ3n) is 2.63. The molecule has 1 aromatic heterocycles. The Morgan fingerprint density at radius 3 is 2.62 bits per heavy atom. The van der Waals surface area contributed by atoms with E-state index in [2.05, 4.69) is 15.6 Å².